The van der Waals surface area contributed by atoms with Crippen molar-refractivity contribution in [3.8, 4) is 5.75 Å². The molecule has 196 valence electrons. The number of anilines is 1. The fraction of sp³-hybridized carbons (Fsp3) is 0.526. The van der Waals surface area contributed by atoms with E-state index >= 15 is 0 Å². The number of piperazine rings is 1. The maximum Gasteiger partial charge on any atom is 0.425 e. The summed E-state index contributed by atoms with van der Waals surface area (Å²) >= 11 is 5.82. The van der Waals surface area contributed by atoms with Crippen LogP contribution in [0.5, 0.6) is 5.75 Å². The number of aromatic nitrogens is 4. The predicted molar refractivity (Wildman–Crippen MR) is 149 cm³/mol. The summed E-state index contributed by atoms with van der Waals surface area (Å²) < 4.78 is 50.1. The van der Waals surface area contributed by atoms with E-state index < -0.39 is 62.8 Å². The molecule has 3 heterocycles. The van der Waals surface area contributed by atoms with Crippen LogP contribution in [-0.4, -0.2) is 134 Å². The summed E-state index contributed by atoms with van der Waals surface area (Å²) in [5.41, 5.74) is -3.05. The van der Waals surface area contributed by atoms with Gasteiger partial charge in [-0.2, -0.15) is 18.3 Å². The monoisotopic (exact) mass is 570 g/mol. The highest BCUT2D eigenvalue weighted by Gasteiger charge is 2.61. The molecule has 1 amide bonds. The Morgan fingerprint density at radius 2 is 1.56 bits per heavy atom. The zero-order valence-electron chi connectivity index (χ0n) is 21.4. The van der Waals surface area contributed by atoms with Gasteiger partial charge in [-0.1, -0.05) is 11.6 Å². The number of halogens is 4. The van der Waals surface area contributed by atoms with Crippen LogP contribution in [0.25, 0.3) is 0 Å². The van der Waals surface area contributed by atoms with E-state index in [0.717, 1.165) is 17.3 Å². The van der Waals surface area contributed by atoms with E-state index in [9.17, 15) is 22.8 Å². The number of nitrogens with one attached hydrogen (secondary N) is 1. The Morgan fingerprint density at radius 3 is 2.07 bits per heavy atom. The minimum absolute atomic E-state index is 0.134. The van der Waals surface area contributed by atoms with Crippen LogP contribution in [0.15, 0.2) is 23.4 Å². The van der Waals surface area contributed by atoms with Crippen LogP contribution < -0.4 is 15.2 Å². The summed E-state index contributed by atoms with van der Waals surface area (Å²) in [5.74, 6) is -2.10. The highest BCUT2D eigenvalue weighted by molar-refractivity contribution is 6.63. The molecule has 1 N–H and O–H groups in total. The third kappa shape index (κ3) is 6.07. The van der Waals surface area contributed by atoms with Gasteiger partial charge in [0.1, 0.15) is 6.10 Å². The number of hydrogen-bond acceptors (Lipinski definition) is 8. The molecule has 22 heteroatoms. The second-order valence-electron chi connectivity index (χ2n) is 9.26. The minimum Gasteiger partial charge on any atom is -0.486 e. The number of ether oxygens (including phenoxy) is 2. The van der Waals surface area contributed by atoms with E-state index in [-0.39, 0.29) is 24.2 Å². The molecule has 1 fully saturated rings. The van der Waals surface area contributed by atoms with Gasteiger partial charge < -0.3 is 19.3 Å². The van der Waals surface area contributed by atoms with Gasteiger partial charge in [-0.05, 0) is 28.3 Å². The number of nitrogens with zero attached hydrogens (tertiary/aromatic N) is 5. The Balaban J connectivity index is 1.73. The number of amides is 1. The van der Waals surface area contributed by atoms with Crippen molar-refractivity contribution < 1.29 is 27.4 Å². The minimum atomic E-state index is -5.00. The van der Waals surface area contributed by atoms with Crippen LogP contribution in [0.4, 0.5) is 19.1 Å². The Kier molecular flexibility index (Phi) is 9.16. The number of alkyl halides is 3. The fourth-order valence-corrected chi connectivity index (χ4v) is 4.10. The summed E-state index contributed by atoms with van der Waals surface area (Å²) in [7, 11) is 49.8. The molecule has 0 bridgehead atoms. The molecule has 3 rings (SSSR count). The van der Waals surface area contributed by atoms with Crippen LogP contribution in [0.2, 0.25) is 5.02 Å². The Hall–Kier alpha value is -2.41. The predicted octanol–water partition coefficient (Wildman–Crippen LogP) is -2.28. The van der Waals surface area contributed by atoms with E-state index in [2.05, 4.69) is 15.1 Å². The van der Waals surface area contributed by atoms with Crippen molar-refractivity contribution in [2.24, 2.45) is 0 Å². The molecule has 0 spiro atoms. The van der Waals surface area contributed by atoms with E-state index in [1.165, 1.54) is 6.92 Å². The van der Waals surface area contributed by atoms with E-state index in [0.29, 0.717) is 11.1 Å². The van der Waals surface area contributed by atoms with Gasteiger partial charge in [0, 0.05) is 0 Å². The highest BCUT2D eigenvalue weighted by atomic mass is 35.5. The topological polar surface area (TPSA) is 114 Å². The molecule has 2 aromatic heterocycles. The quantitative estimate of drug-likeness (QED) is 0.280. The first kappa shape index (κ1) is 33.1. The Bertz CT molecular complexity index is 1310. The van der Waals surface area contributed by atoms with Crippen LogP contribution >= 0.6 is 11.6 Å². The summed E-state index contributed by atoms with van der Waals surface area (Å²) in [6.07, 6.45) is -3.52. The van der Waals surface area contributed by atoms with Gasteiger partial charge in [0.2, 0.25) is 11.9 Å². The number of carbonyl (C=O) groups excluding carboxylic acids is 1. The van der Waals surface area contributed by atoms with Gasteiger partial charge in [-0.25, -0.2) is 15.1 Å². The van der Waals surface area contributed by atoms with Crippen molar-refractivity contribution >= 4 is 86.2 Å². The normalized spacial score (nSPS) is 19.8. The number of carbonyl (C=O) groups is 1. The third-order valence-electron chi connectivity index (χ3n) is 6.06. The zero-order chi connectivity index (χ0) is 31.2. The lowest BCUT2D eigenvalue weighted by Gasteiger charge is -2.75. The molecule has 0 aromatic carbocycles. The summed E-state index contributed by atoms with van der Waals surface area (Å²) in [6.45, 7) is 0.649. The van der Waals surface area contributed by atoms with Crippen LogP contribution in [-0.2, 0) is 15.7 Å². The van der Waals surface area contributed by atoms with Crippen LogP contribution in [0.1, 0.15) is 18.9 Å². The van der Waals surface area contributed by atoms with E-state index in [4.69, 9.17) is 83.8 Å². The van der Waals surface area contributed by atoms with Gasteiger partial charge in [-0.3, -0.25) is 9.59 Å². The van der Waals surface area contributed by atoms with Crippen molar-refractivity contribution in [3.63, 3.8) is 0 Å². The van der Waals surface area contributed by atoms with Crippen molar-refractivity contribution in [2.75, 3.05) is 18.1 Å². The Labute approximate surface area is 248 Å². The van der Waals surface area contributed by atoms with Crippen molar-refractivity contribution in [3.05, 3.63) is 39.5 Å². The molecule has 0 unspecified atom stereocenters. The number of rotatable bonds is 8. The molecule has 1 aliphatic heterocycles. The summed E-state index contributed by atoms with van der Waals surface area (Å²) in [4.78, 5) is 34.0. The van der Waals surface area contributed by atoms with Crippen LogP contribution in [0.3, 0.4) is 0 Å². The number of hydrogen-bond donors (Lipinski definition) is 1. The lowest BCUT2D eigenvalue weighted by atomic mass is 9.26. The van der Waals surface area contributed by atoms with Crippen molar-refractivity contribution in [1.29, 1.82) is 0 Å². The molecule has 0 aliphatic carbocycles. The molecule has 1 atom stereocenters. The summed E-state index contributed by atoms with van der Waals surface area (Å²) in [5, 5.41) is -4.96. The highest BCUT2D eigenvalue weighted by Crippen LogP contribution is 2.44. The first-order chi connectivity index (χ1) is 18.7. The lowest BCUT2D eigenvalue weighted by molar-refractivity contribution is -0.141. The summed E-state index contributed by atoms with van der Waals surface area (Å²) in [6, 6.07) is 0. The molecule has 10 nitrogen and oxygen atoms in total. The molecule has 41 heavy (non-hydrogen) atoms. The molecule has 1 aliphatic rings. The largest absolute Gasteiger partial charge is 0.486 e. The van der Waals surface area contributed by atoms with Gasteiger partial charge >= 0.3 is 6.18 Å². The first-order valence-corrected chi connectivity index (χ1v) is 11.9. The van der Waals surface area contributed by atoms with E-state index in [1.54, 1.807) is 5.10 Å². The Morgan fingerprint density at radius 1 is 1.02 bits per heavy atom. The van der Waals surface area contributed by atoms with Crippen LogP contribution in [0, 0.1) is 0 Å². The number of aromatic amines is 1. The van der Waals surface area contributed by atoms with Gasteiger partial charge in [0.25, 0.3) is 5.56 Å². The standard InChI is InChI=1S/C19H14B8ClF3N6O4/c1-8(41-10-6-34-35-13(39)12(10)15(29,30)31)7-40-3-2-11(38)36-16(20,21)18(24,25)37(19(26,27)17(36,22)23)14-32-4-9(28)5-33-14/h4-6,8H,2-3,7H2,1H3,(H,35,39)/t8-/m0/s1. The smallest absolute Gasteiger partial charge is 0.425 e. The fourth-order valence-electron chi connectivity index (χ4n) is 4.00. The molecule has 16 radical (unpaired) electrons. The van der Waals surface area contributed by atoms with Gasteiger partial charge in [0.15, 0.2) is 11.3 Å². The average molecular weight is 569 g/mol. The second-order valence-corrected chi connectivity index (χ2v) is 9.69. The van der Waals surface area contributed by atoms with Gasteiger partial charge in [-0.15, -0.1) is 0 Å². The van der Waals surface area contributed by atoms with E-state index in [1.807, 2.05) is 0 Å². The number of H-pyrrole nitrogens is 1. The van der Waals surface area contributed by atoms with Crippen molar-refractivity contribution in [2.45, 2.75) is 47.0 Å². The average Bonchev–Trinajstić information content (AvgIpc) is 2.81. The van der Waals surface area contributed by atoms with Crippen molar-refractivity contribution in [1.82, 2.24) is 25.1 Å². The third-order valence-corrected chi connectivity index (χ3v) is 6.26. The maximum absolute atomic E-state index is 13.3. The van der Waals surface area contributed by atoms with Gasteiger partial charge in [0.05, 0.1) is 106 Å². The lowest BCUT2D eigenvalue weighted by Crippen LogP contribution is -2.93. The SMILES string of the molecule is [B]C1([B])N(C(=O)CCOC[C@H](C)Oc2cn[nH]c(=O)c2C(F)(F)F)C([B])([B])C([B])([B])N(c2ncc(Cl)cn2)C1([B])[B]. The molecular weight excluding hydrogens is 555 g/mol. The zero-order valence-corrected chi connectivity index (χ0v) is 22.2. The second kappa shape index (κ2) is 11.3. The molecule has 0 saturated carbocycles. The first-order valence-electron chi connectivity index (χ1n) is 11.5. The molecular formula is C19H14B8ClF3N6O4. The maximum atomic E-state index is 13.3. The molecule has 2 aromatic rings. The molecule has 1 saturated heterocycles.